The van der Waals surface area contributed by atoms with E-state index in [1.165, 1.54) is 16.2 Å². The van der Waals surface area contributed by atoms with Crippen molar-refractivity contribution in [1.29, 1.82) is 5.26 Å². The molecular weight excluding hydrogens is 296 g/mol. The van der Waals surface area contributed by atoms with Gasteiger partial charge in [0.05, 0.1) is 12.2 Å². The lowest BCUT2D eigenvalue weighted by Crippen LogP contribution is -2.28. The Bertz CT molecular complexity index is 599. The summed E-state index contributed by atoms with van der Waals surface area (Å²) in [6, 6.07) is 2.26. The van der Waals surface area contributed by atoms with Crippen LogP contribution in [0.15, 0.2) is 0 Å². The van der Waals surface area contributed by atoms with E-state index in [0.29, 0.717) is 28.5 Å². The van der Waals surface area contributed by atoms with Crippen molar-refractivity contribution in [1.82, 2.24) is 0 Å². The molecule has 0 saturated heterocycles. The molecule has 0 saturated carbocycles. The average molecular weight is 320 g/mol. The molecule has 0 radical (unpaired) electrons. The quantitative estimate of drug-likeness (QED) is 0.872. The molecule has 0 fully saturated rings. The number of hydrogen-bond acceptors (Lipinski definition) is 4. The van der Waals surface area contributed by atoms with Gasteiger partial charge in [-0.3, -0.25) is 5.32 Å². The minimum atomic E-state index is -0.483. The number of ether oxygens (including phenoxy) is 1. The zero-order valence-corrected chi connectivity index (χ0v) is 14.6. The van der Waals surface area contributed by atoms with Gasteiger partial charge in [-0.15, -0.1) is 11.3 Å². The van der Waals surface area contributed by atoms with E-state index in [1.807, 2.05) is 0 Å². The van der Waals surface area contributed by atoms with Crippen LogP contribution in [0.1, 0.15) is 56.5 Å². The first-order chi connectivity index (χ1) is 10.4. The molecule has 1 aromatic heterocycles. The van der Waals surface area contributed by atoms with E-state index in [2.05, 4.69) is 32.2 Å². The summed E-state index contributed by atoms with van der Waals surface area (Å²) in [6.07, 6.45) is 3.70. The van der Waals surface area contributed by atoms with E-state index in [9.17, 15) is 10.1 Å². The Hall–Kier alpha value is -1.54. The van der Waals surface area contributed by atoms with Crippen LogP contribution >= 0.6 is 11.3 Å². The predicted molar refractivity (Wildman–Crippen MR) is 89.3 cm³/mol. The third-order valence-electron chi connectivity index (χ3n) is 4.88. The fraction of sp³-hybridized carbons (Fsp3) is 0.647. The molecular formula is C17H24N2O2S. The van der Waals surface area contributed by atoms with Crippen LogP contribution in [0, 0.1) is 22.7 Å². The van der Waals surface area contributed by atoms with Crippen molar-refractivity contribution in [3.63, 3.8) is 0 Å². The van der Waals surface area contributed by atoms with Crippen molar-refractivity contribution in [2.45, 2.75) is 53.4 Å². The van der Waals surface area contributed by atoms with Crippen molar-refractivity contribution in [3.05, 3.63) is 16.0 Å². The van der Waals surface area contributed by atoms with Gasteiger partial charge >= 0.3 is 6.09 Å². The van der Waals surface area contributed by atoms with Crippen molar-refractivity contribution in [3.8, 4) is 6.07 Å². The molecule has 5 heteroatoms. The van der Waals surface area contributed by atoms with Gasteiger partial charge in [-0.25, -0.2) is 4.79 Å². The topological polar surface area (TPSA) is 62.1 Å². The maximum Gasteiger partial charge on any atom is 0.412 e. The van der Waals surface area contributed by atoms with Crippen LogP contribution < -0.4 is 5.32 Å². The molecule has 2 rings (SSSR count). The summed E-state index contributed by atoms with van der Waals surface area (Å²) in [4.78, 5) is 12.9. The number of fused-ring (bicyclic) bond motifs is 1. The lowest BCUT2D eigenvalue weighted by atomic mass is 9.69. The second-order valence-electron chi connectivity index (χ2n) is 6.45. The molecule has 1 aliphatic rings. The van der Waals surface area contributed by atoms with Crippen molar-refractivity contribution in [2.75, 3.05) is 11.9 Å². The first-order valence-electron chi connectivity index (χ1n) is 7.91. The van der Waals surface area contributed by atoms with Crippen molar-refractivity contribution in [2.24, 2.45) is 11.3 Å². The smallest absolute Gasteiger partial charge is 0.412 e. The van der Waals surface area contributed by atoms with Crippen LogP contribution in [0.2, 0.25) is 0 Å². The molecule has 0 spiro atoms. The molecule has 120 valence electrons. The normalized spacial score (nSPS) is 17.5. The van der Waals surface area contributed by atoms with E-state index in [0.717, 1.165) is 31.2 Å². The van der Waals surface area contributed by atoms with Gasteiger partial charge in [-0.05, 0) is 43.1 Å². The molecule has 22 heavy (non-hydrogen) atoms. The third kappa shape index (κ3) is 3.27. The van der Waals surface area contributed by atoms with Crippen LogP contribution in [-0.4, -0.2) is 12.7 Å². The minimum Gasteiger partial charge on any atom is -0.450 e. The zero-order valence-electron chi connectivity index (χ0n) is 13.8. The number of amides is 1. The predicted octanol–water partition coefficient (Wildman–Crippen LogP) is 4.73. The molecule has 0 bridgehead atoms. The fourth-order valence-electron chi connectivity index (χ4n) is 3.01. The summed E-state index contributed by atoms with van der Waals surface area (Å²) in [6.45, 7) is 8.96. The van der Waals surface area contributed by atoms with Gasteiger partial charge in [-0.1, -0.05) is 27.2 Å². The molecule has 1 unspecified atom stereocenters. The van der Waals surface area contributed by atoms with E-state index < -0.39 is 6.09 Å². The van der Waals surface area contributed by atoms with E-state index >= 15 is 0 Å². The highest BCUT2D eigenvalue weighted by Gasteiger charge is 2.34. The zero-order chi connectivity index (χ0) is 16.3. The maximum absolute atomic E-state index is 11.6. The number of hydrogen-bond donors (Lipinski definition) is 1. The highest BCUT2D eigenvalue weighted by molar-refractivity contribution is 7.16. The lowest BCUT2D eigenvalue weighted by molar-refractivity contribution is 0.168. The molecule has 1 amide bonds. The standard InChI is InChI=1S/C17H24N2O2S/c1-5-17(3,4)11-7-8-12-13(10-18)15(22-14(12)9-11)19-16(20)21-6-2/h11H,5-9H2,1-4H3,(H,19,20). The molecule has 1 N–H and O–H groups in total. The number of carbonyl (C=O) groups excluding carboxylic acids is 1. The van der Waals surface area contributed by atoms with E-state index in [1.54, 1.807) is 6.92 Å². The van der Waals surface area contributed by atoms with Gasteiger partial charge in [0.1, 0.15) is 11.1 Å². The van der Waals surface area contributed by atoms with E-state index in [-0.39, 0.29) is 0 Å². The summed E-state index contributed by atoms with van der Waals surface area (Å²) in [5.41, 5.74) is 2.06. The molecule has 0 aromatic carbocycles. The Morgan fingerprint density at radius 2 is 2.23 bits per heavy atom. The summed E-state index contributed by atoms with van der Waals surface area (Å²) >= 11 is 1.54. The lowest BCUT2D eigenvalue weighted by Gasteiger charge is -2.36. The number of carbonyl (C=O) groups is 1. The Morgan fingerprint density at radius 3 is 2.82 bits per heavy atom. The average Bonchev–Trinajstić information content (AvgIpc) is 2.83. The fourth-order valence-corrected chi connectivity index (χ4v) is 4.27. The second kappa shape index (κ2) is 6.70. The third-order valence-corrected chi connectivity index (χ3v) is 6.05. The Morgan fingerprint density at radius 1 is 1.50 bits per heavy atom. The van der Waals surface area contributed by atoms with Crippen molar-refractivity contribution >= 4 is 22.4 Å². The number of nitriles is 1. The molecule has 1 aromatic rings. The van der Waals surface area contributed by atoms with Gasteiger partial charge in [0.2, 0.25) is 0 Å². The first kappa shape index (κ1) is 16.8. The monoisotopic (exact) mass is 320 g/mol. The Kier molecular flexibility index (Phi) is 5.12. The van der Waals surface area contributed by atoms with Crippen LogP contribution in [0.3, 0.4) is 0 Å². The molecule has 4 nitrogen and oxygen atoms in total. The summed E-state index contributed by atoms with van der Waals surface area (Å²) < 4.78 is 4.92. The largest absolute Gasteiger partial charge is 0.450 e. The number of rotatable bonds is 4. The van der Waals surface area contributed by atoms with Crippen LogP contribution in [0.4, 0.5) is 9.80 Å². The highest BCUT2D eigenvalue weighted by atomic mass is 32.1. The first-order valence-corrected chi connectivity index (χ1v) is 8.73. The summed E-state index contributed by atoms with van der Waals surface area (Å²) in [5, 5.41) is 12.8. The molecule has 1 aliphatic carbocycles. The Balaban J connectivity index is 2.25. The number of nitrogens with one attached hydrogen (secondary N) is 1. The number of anilines is 1. The SMILES string of the molecule is CCOC(=O)Nc1sc2c(c1C#N)CCC(C(C)(C)CC)C2. The summed E-state index contributed by atoms with van der Waals surface area (Å²) in [7, 11) is 0. The van der Waals surface area contributed by atoms with Gasteiger partial charge in [0, 0.05) is 4.88 Å². The molecule has 0 aliphatic heterocycles. The van der Waals surface area contributed by atoms with Gasteiger partial charge < -0.3 is 4.74 Å². The van der Waals surface area contributed by atoms with Crippen LogP contribution in [0.25, 0.3) is 0 Å². The number of nitrogens with zero attached hydrogens (tertiary/aromatic N) is 1. The number of thiophene rings is 1. The van der Waals surface area contributed by atoms with Crippen LogP contribution in [-0.2, 0) is 17.6 Å². The highest BCUT2D eigenvalue weighted by Crippen LogP contribution is 2.45. The molecule has 1 atom stereocenters. The summed E-state index contributed by atoms with van der Waals surface area (Å²) in [5.74, 6) is 0.630. The Labute approximate surface area is 136 Å². The van der Waals surface area contributed by atoms with Crippen molar-refractivity contribution < 1.29 is 9.53 Å². The minimum absolute atomic E-state index is 0.309. The maximum atomic E-state index is 11.6. The van der Waals surface area contributed by atoms with Gasteiger partial charge in [-0.2, -0.15) is 5.26 Å². The van der Waals surface area contributed by atoms with Gasteiger partial charge in [0.25, 0.3) is 0 Å². The van der Waals surface area contributed by atoms with Gasteiger partial charge in [0.15, 0.2) is 0 Å². The van der Waals surface area contributed by atoms with E-state index in [4.69, 9.17) is 4.74 Å². The second-order valence-corrected chi connectivity index (χ2v) is 7.55. The molecule has 1 heterocycles. The van der Waals surface area contributed by atoms with Crippen LogP contribution in [0.5, 0.6) is 0 Å².